The van der Waals surface area contributed by atoms with E-state index in [9.17, 15) is 0 Å². The predicted molar refractivity (Wildman–Crippen MR) is 82.6 cm³/mol. The molecule has 0 aromatic heterocycles. The van der Waals surface area contributed by atoms with E-state index in [4.69, 9.17) is 0 Å². The molecule has 0 radical (unpaired) electrons. The number of likely N-dealkylation sites (N-methyl/N-ethyl adjacent to an activating group) is 1. The van der Waals surface area contributed by atoms with Gasteiger partial charge in [0.1, 0.15) is 0 Å². The van der Waals surface area contributed by atoms with Gasteiger partial charge >= 0.3 is 0 Å². The van der Waals surface area contributed by atoms with Crippen LogP contribution in [0, 0.1) is 0 Å². The first-order valence-corrected chi connectivity index (χ1v) is 8.49. The Morgan fingerprint density at radius 1 is 1.16 bits per heavy atom. The molecule has 0 aliphatic carbocycles. The van der Waals surface area contributed by atoms with Crippen molar-refractivity contribution in [1.82, 2.24) is 15.1 Å². The van der Waals surface area contributed by atoms with Crippen LogP contribution in [0.1, 0.15) is 52.9 Å². The van der Waals surface area contributed by atoms with E-state index in [0.29, 0.717) is 0 Å². The van der Waals surface area contributed by atoms with E-state index in [1.807, 2.05) is 0 Å². The van der Waals surface area contributed by atoms with Gasteiger partial charge in [0.25, 0.3) is 0 Å². The van der Waals surface area contributed by atoms with Crippen LogP contribution in [0.4, 0.5) is 0 Å². The lowest BCUT2D eigenvalue weighted by Gasteiger charge is -2.47. The van der Waals surface area contributed by atoms with E-state index >= 15 is 0 Å². The lowest BCUT2D eigenvalue weighted by molar-refractivity contribution is 0.0337. The number of hydrogen-bond acceptors (Lipinski definition) is 3. The Balaban J connectivity index is 1.96. The summed E-state index contributed by atoms with van der Waals surface area (Å²) in [7, 11) is 0. The Bertz CT molecular complexity index is 256. The highest BCUT2D eigenvalue weighted by molar-refractivity contribution is 4.91. The maximum absolute atomic E-state index is 3.76. The molecule has 2 aliphatic heterocycles. The summed E-state index contributed by atoms with van der Waals surface area (Å²) in [6.45, 7) is 13.3. The highest BCUT2D eigenvalue weighted by Crippen LogP contribution is 2.22. The molecule has 2 heterocycles. The Kier molecular flexibility index (Phi) is 6.11. The summed E-state index contributed by atoms with van der Waals surface area (Å²) in [5.41, 5.74) is 0. The van der Waals surface area contributed by atoms with Crippen molar-refractivity contribution in [2.24, 2.45) is 0 Å². The van der Waals surface area contributed by atoms with Crippen LogP contribution in [-0.2, 0) is 0 Å². The van der Waals surface area contributed by atoms with Crippen molar-refractivity contribution >= 4 is 0 Å². The van der Waals surface area contributed by atoms with E-state index in [-0.39, 0.29) is 0 Å². The summed E-state index contributed by atoms with van der Waals surface area (Å²) in [6.07, 6.45) is 6.71. The van der Waals surface area contributed by atoms with Crippen molar-refractivity contribution < 1.29 is 0 Å². The normalized spacial score (nSPS) is 34.6. The standard InChI is InChI=1S/C16H33N3/c1-4-8-14-12-19(15(5-2)11-17-14)16-9-7-10-18(6-3)13-16/h14-17H,4-13H2,1-3H3. The maximum Gasteiger partial charge on any atom is 0.0227 e. The van der Waals surface area contributed by atoms with Gasteiger partial charge in [0.05, 0.1) is 0 Å². The molecular weight excluding hydrogens is 234 g/mol. The van der Waals surface area contributed by atoms with Gasteiger partial charge in [-0.2, -0.15) is 0 Å². The van der Waals surface area contributed by atoms with Gasteiger partial charge in [-0.15, -0.1) is 0 Å². The van der Waals surface area contributed by atoms with Gasteiger partial charge in [-0.1, -0.05) is 27.2 Å². The van der Waals surface area contributed by atoms with Gasteiger partial charge in [0, 0.05) is 37.8 Å². The summed E-state index contributed by atoms with van der Waals surface area (Å²) in [4.78, 5) is 5.48. The monoisotopic (exact) mass is 267 g/mol. The first-order chi connectivity index (χ1) is 9.28. The quantitative estimate of drug-likeness (QED) is 0.825. The summed E-state index contributed by atoms with van der Waals surface area (Å²) >= 11 is 0. The lowest BCUT2D eigenvalue weighted by Crippen LogP contribution is -2.61. The Hall–Kier alpha value is -0.120. The minimum Gasteiger partial charge on any atom is -0.311 e. The minimum absolute atomic E-state index is 0.727. The van der Waals surface area contributed by atoms with E-state index in [1.165, 1.54) is 64.8 Å². The molecule has 3 unspecified atom stereocenters. The number of hydrogen-bond donors (Lipinski definition) is 1. The fourth-order valence-corrected chi connectivity index (χ4v) is 3.84. The van der Waals surface area contributed by atoms with Crippen molar-refractivity contribution in [3.8, 4) is 0 Å². The van der Waals surface area contributed by atoms with Gasteiger partial charge in [0.2, 0.25) is 0 Å². The predicted octanol–water partition coefficient (Wildman–Crippen LogP) is 2.32. The molecule has 1 N–H and O–H groups in total. The largest absolute Gasteiger partial charge is 0.311 e. The third kappa shape index (κ3) is 3.93. The lowest BCUT2D eigenvalue weighted by atomic mass is 9.96. The van der Waals surface area contributed by atoms with Crippen LogP contribution >= 0.6 is 0 Å². The third-order valence-corrected chi connectivity index (χ3v) is 5.05. The van der Waals surface area contributed by atoms with Crippen molar-refractivity contribution in [3.05, 3.63) is 0 Å². The fourth-order valence-electron chi connectivity index (χ4n) is 3.84. The van der Waals surface area contributed by atoms with E-state index in [0.717, 1.165) is 18.1 Å². The molecule has 2 rings (SSSR count). The molecule has 2 fully saturated rings. The molecule has 0 spiro atoms. The van der Waals surface area contributed by atoms with Crippen LogP contribution in [0.25, 0.3) is 0 Å². The van der Waals surface area contributed by atoms with Crippen LogP contribution in [0.2, 0.25) is 0 Å². The van der Waals surface area contributed by atoms with Crippen molar-refractivity contribution in [2.45, 2.75) is 71.0 Å². The molecule has 112 valence electrons. The number of nitrogens with one attached hydrogen (secondary N) is 1. The Morgan fingerprint density at radius 2 is 2.00 bits per heavy atom. The summed E-state index contributed by atoms with van der Waals surface area (Å²) in [6, 6.07) is 2.29. The topological polar surface area (TPSA) is 18.5 Å². The third-order valence-electron chi connectivity index (χ3n) is 5.05. The van der Waals surface area contributed by atoms with Crippen molar-refractivity contribution in [2.75, 3.05) is 32.7 Å². The maximum atomic E-state index is 3.76. The number of piperazine rings is 1. The van der Waals surface area contributed by atoms with E-state index < -0.39 is 0 Å². The van der Waals surface area contributed by atoms with Crippen LogP contribution in [0.15, 0.2) is 0 Å². The summed E-state index contributed by atoms with van der Waals surface area (Å²) in [5.74, 6) is 0. The second kappa shape index (κ2) is 7.61. The van der Waals surface area contributed by atoms with Crippen LogP contribution in [-0.4, -0.2) is 60.6 Å². The number of rotatable bonds is 5. The van der Waals surface area contributed by atoms with Crippen LogP contribution in [0.5, 0.6) is 0 Å². The average Bonchev–Trinajstić information content (AvgIpc) is 2.47. The Labute approximate surface area is 119 Å². The van der Waals surface area contributed by atoms with Crippen molar-refractivity contribution in [3.63, 3.8) is 0 Å². The second-order valence-corrected chi connectivity index (χ2v) is 6.34. The zero-order chi connectivity index (χ0) is 13.7. The van der Waals surface area contributed by atoms with Gasteiger partial charge in [-0.05, 0) is 38.8 Å². The van der Waals surface area contributed by atoms with Crippen molar-refractivity contribution in [1.29, 1.82) is 0 Å². The molecule has 0 saturated carbocycles. The van der Waals surface area contributed by atoms with Gasteiger partial charge < -0.3 is 10.2 Å². The molecule has 3 atom stereocenters. The number of piperidine rings is 1. The van der Waals surface area contributed by atoms with Gasteiger partial charge in [-0.25, -0.2) is 0 Å². The minimum atomic E-state index is 0.727. The van der Waals surface area contributed by atoms with E-state index in [1.54, 1.807) is 0 Å². The Morgan fingerprint density at radius 3 is 2.68 bits per heavy atom. The smallest absolute Gasteiger partial charge is 0.0227 e. The molecule has 3 nitrogen and oxygen atoms in total. The van der Waals surface area contributed by atoms with Crippen LogP contribution < -0.4 is 5.32 Å². The zero-order valence-electron chi connectivity index (χ0n) is 13.2. The van der Waals surface area contributed by atoms with Crippen LogP contribution in [0.3, 0.4) is 0 Å². The molecule has 0 aromatic carbocycles. The first kappa shape index (κ1) is 15.3. The van der Waals surface area contributed by atoms with Gasteiger partial charge in [-0.3, -0.25) is 4.90 Å². The molecule has 19 heavy (non-hydrogen) atoms. The van der Waals surface area contributed by atoms with Gasteiger partial charge in [0.15, 0.2) is 0 Å². The summed E-state index contributed by atoms with van der Waals surface area (Å²) in [5, 5.41) is 3.76. The molecule has 2 saturated heterocycles. The van der Waals surface area contributed by atoms with E-state index in [2.05, 4.69) is 35.9 Å². The number of nitrogens with zero attached hydrogens (tertiary/aromatic N) is 2. The fraction of sp³-hybridized carbons (Fsp3) is 1.00. The zero-order valence-corrected chi connectivity index (χ0v) is 13.2. The first-order valence-electron chi connectivity index (χ1n) is 8.49. The molecule has 0 aromatic rings. The average molecular weight is 267 g/mol. The second-order valence-electron chi connectivity index (χ2n) is 6.34. The highest BCUT2D eigenvalue weighted by Gasteiger charge is 2.33. The number of likely N-dealkylation sites (tertiary alicyclic amines) is 1. The summed E-state index contributed by atoms with van der Waals surface area (Å²) < 4.78 is 0. The molecule has 2 aliphatic rings. The molecular formula is C16H33N3. The molecule has 3 heteroatoms. The highest BCUT2D eigenvalue weighted by atomic mass is 15.3. The SMILES string of the molecule is CCCC1CN(C2CCCN(CC)C2)C(CC)CN1. The molecule has 0 bridgehead atoms. The molecule has 0 amide bonds.